The Morgan fingerprint density at radius 1 is 1.38 bits per heavy atom. The van der Waals surface area contributed by atoms with Gasteiger partial charge in [-0.15, -0.1) is 0 Å². The second kappa shape index (κ2) is 4.69. The quantitative estimate of drug-likeness (QED) is 0.645. The maximum atomic E-state index is 9.00. The Labute approximate surface area is 79.4 Å². The van der Waals surface area contributed by atoms with Crippen molar-refractivity contribution in [3.63, 3.8) is 0 Å². The molecule has 0 heterocycles. The van der Waals surface area contributed by atoms with Crippen molar-refractivity contribution >= 4 is 0 Å². The van der Waals surface area contributed by atoms with Crippen LogP contribution >= 0.6 is 0 Å². The zero-order valence-electron chi connectivity index (χ0n) is 8.04. The average molecular weight is 174 g/mol. The van der Waals surface area contributed by atoms with Crippen molar-refractivity contribution in [3.8, 4) is 11.8 Å². The van der Waals surface area contributed by atoms with E-state index in [1.165, 1.54) is 5.56 Å². The van der Waals surface area contributed by atoms with Crippen LogP contribution in [0.15, 0.2) is 24.3 Å². The van der Waals surface area contributed by atoms with Gasteiger partial charge in [0.2, 0.25) is 0 Å². The summed E-state index contributed by atoms with van der Waals surface area (Å²) < 4.78 is 0. The largest absolute Gasteiger partial charge is 0.381 e. The zero-order valence-corrected chi connectivity index (χ0v) is 8.04. The van der Waals surface area contributed by atoms with Crippen LogP contribution in [0.3, 0.4) is 0 Å². The maximum absolute atomic E-state index is 9.00. The lowest BCUT2D eigenvalue weighted by Crippen LogP contribution is -1.94. The highest BCUT2D eigenvalue weighted by molar-refractivity contribution is 5.41. The summed E-state index contributed by atoms with van der Waals surface area (Å²) >= 11 is 0. The first-order valence-corrected chi connectivity index (χ1v) is 4.51. The molecule has 1 nitrogen and oxygen atoms in total. The fourth-order valence-corrected chi connectivity index (χ4v) is 1.13. The van der Waals surface area contributed by atoms with Crippen molar-refractivity contribution in [1.82, 2.24) is 0 Å². The molecule has 1 N–H and O–H groups in total. The Bertz CT molecular complexity index is 328. The predicted octanol–water partition coefficient (Wildman–Crippen LogP) is 1.98. The van der Waals surface area contributed by atoms with E-state index in [1.54, 1.807) is 6.92 Å². The summed E-state index contributed by atoms with van der Waals surface area (Å²) in [5.74, 6) is 5.71. The van der Waals surface area contributed by atoms with Crippen molar-refractivity contribution < 1.29 is 5.11 Å². The third-order valence-corrected chi connectivity index (χ3v) is 1.81. The molecule has 1 aromatic rings. The number of hydrogen-bond donors (Lipinski definition) is 1. The molecule has 1 rings (SSSR count). The van der Waals surface area contributed by atoms with Crippen molar-refractivity contribution in [2.24, 2.45) is 0 Å². The van der Waals surface area contributed by atoms with Crippen LogP contribution in [0.4, 0.5) is 0 Å². The molecular formula is C12H14O. The number of benzene rings is 1. The van der Waals surface area contributed by atoms with Crippen LogP contribution < -0.4 is 0 Å². The van der Waals surface area contributed by atoms with E-state index in [0.717, 1.165) is 12.0 Å². The molecule has 0 fully saturated rings. The molecule has 0 aliphatic rings. The number of rotatable bonds is 1. The summed E-state index contributed by atoms with van der Waals surface area (Å²) in [6.45, 7) is 3.77. The van der Waals surface area contributed by atoms with Crippen LogP contribution in [-0.4, -0.2) is 11.2 Å². The number of aliphatic hydroxyl groups is 1. The van der Waals surface area contributed by atoms with Crippen LogP contribution in [-0.2, 0) is 6.42 Å². The summed E-state index contributed by atoms with van der Waals surface area (Å²) in [4.78, 5) is 0. The van der Waals surface area contributed by atoms with Gasteiger partial charge in [0.05, 0.1) is 0 Å². The van der Waals surface area contributed by atoms with Crippen molar-refractivity contribution in [2.75, 3.05) is 0 Å². The molecule has 1 unspecified atom stereocenters. The van der Waals surface area contributed by atoms with E-state index >= 15 is 0 Å². The second-order valence-corrected chi connectivity index (χ2v) is 2.96. The van der Waals surface area contributed by atoms with E-state index in [0.29, 0.717) is 0 Å². The van der Waals surface area contributed by atoms with Gasteiger partial charge in [-0.25, -0.2) is 0 Å². The SMILES string of the molecule is CCc1ccccc1C#CC(C)O. The van der Waals surface area contributed by atoms with Crippen LogP contribution in [0, 0.1) is 11.8 Å². The fourth-order valence-electron chi connectivity index (χ4n) is 1.13. The molecule has 1 aromatic carbocycles. The van der Waals surface area contributed by atoms with Crippen molar-refractivity contribution in [2.45, 2.75) is 26.4 Å². The molecule has 0 aliphatic carbocycles. The molecule has 0 aliphatic heterocycles. The van der Waals surface area contributed by atoms with Gasteiger partial charge in [-0.05, 0) is 25.0 Å². The summed E-state index contributed by atoms with van der Waals surface area (Å²) in [6.07, 6.45) is 0.426. The lowest BCUT2D eigenvalue weighted by molar-refractivity contribution is 0.253. The van der Waals surface area contributed by atoms with Crippen LogP contribution in [0.5, 0.6) is 0 Å². The number of aryl methyl sites for hydroxylation is 1. The smallest absolute Gasteiger partial charge is 0.112 e. The zero-order chi connectivity index (χ0) is 9.68. The third kappa shape index (κ3) is 2.93. The number of hydrogen-bond acceptors (Lipinski definition) is 1. The third-order valence-electron chi connectivity index (χ3n) is 1.81. The van der Waals surface area contributed by atoms with Gasteiger partial charge in [-0.2, -0.15) is 0 Å². The van der Waals surface area contributed by atoms with E-state index < -0.39 is 6.10 Å². The van der Waals surface area contributed by atoms with Gasteiger partial charge in [0.1, 0.15) is 6.10 Å². The Balaban J connectivity index is 2.95. The molecular weight excluding hydrogens is 160 g/mol. The van der Waals surface area contributed by atoms with Gasteiger partial charge in [0.25, 0.3) is 0 Å². The first kappa shape index (κ1) is 9.83. The molecule has 13 heavy (non-hydrogen) atoms. The summed E-state index contributed by atoms with van der Waals surface area (Å²) in [5.41, 5.74) is 2.25. The normalized spacial score (nSPS) is 11.6. The van der Waals surface area contributed by atoms with Gasteiger partial charge in [-0.1, -0.05) is 37.0 Å². The molecule has 0 amide bonds. The Morgan fingerprint density at radius 2 is 2.08 bits per heavy atom. The lowest BCUT2D eigenvalue weighted by atomic mass is 10.1. The van der Waals surface area contributed by atoms with Crippen LogP contribution in [0.25, 0.3) is 0 Å². The summed E-state index contributed by atoms with van der Waals surface area (Å²) in [5, 5.41) is 9.00. The first-order chi connectivity index (χ1) is 6.24. The fraction of sp³-hybridized carbons (Fsp3) is 0.333. The lowest BCUT2D eigenvalue weighted by Gasteiger charge is -1.99. The van der Waals surface area contributed by atoms with Gasteiger partial charge in [0, 0.05) is 5.56 Å². The van der Waals surface area contributed by atoms with Crippen LogP contribution in [0.2, 0.25) is 0 Å². The van der Waals surface area contributed by atoms with Gasteiger partial charge in [-0.3, -0.25) is 0 Å². The molecule has 0 saturated carbocycles. The highest BCUT2D eigenvalue weighted by Gasteiger charge is 1.94. The Morgan fingerprint density at radius 3 is 2.69 bits per heavy atom. The minimum Gasteiger partial charge on any atom is -0.381 e. The first-order valence-electron chi connectivity index (χ1n) is 4.51. The Hall–Kier alpha value is -1.26. The highest BCUT2D eigenvalue weighted by Crippen LogP contribution is 2.07. The average Bonchev–Trinajstić information content (AvgIpc) is 2.15. The molecule has 68 valence electrons. The predicted molar refractivity (Wildman–Crippen MR) is 54.4 cm³/mol. The van der Waals surface area contributed by atoms with Gasteiger partial charge >= 0.3 is 0 Å². The molecule has 0 aromatic heterocycles. The molecule has 1 heteroatoms. The minimum absolute atomic E-state index is 0.551. The highest BCUT2D eigenvalue weighted by atomic mass is 16.3. The van der Waals surface area contributed by atoms with E-state index in [4.69, 9.17) is 5.11 Å². The molecule has 1 atom stereocenters. The monoisotopic (exact) mass is 174 g/mol. The summed E-state index contributed by atoms with van der Waals surface area (Å²) in [7, 11) is 0. The van der Waals surface area contributed by atoms with E-state index in [9.17, 15) is 0 Å². The van der Waals surface area contributed by atoms with Crippen molar-refractivity contribution in [1.29, 1.82) is 0 Å². The minimum atomic E-state index is -0.551. The molecule has 0 radical (unpaired) electrons. The topological polar surface area (TPSA) is 20.2 Å². The molecule has 0 saturated heterocycles. The second-order valence-electron chi connectivity index (χ2n) is 2.96. The van der Waals surface area contributed by atoms with E-state index in [2.05, 4.69) is 24.8 Å². The van der Waals surface area contributed by atoms with E-state index in [-0.39, 0.29) is 0 Å². The van der Waals surface area contributed by atoms with Crippen molar-refractivity contribution in [3.05, 3.63) is 35.4 Å². The van der Waals surface area contributed by atoms with Gasteiger partial charge in [0.15, 0.2) is 0 Å². The number of aliphatic hydroxyl groups excluding tert-OH is 1. The molecule has 0 spiro atoms. The van der Waals surface area contributed by atoms with Gasteiger partial charge < -0.3 is 5.11 Å². The standard InChI is InChI=1S/C12H14O/c1-3-11-6-4-5-7-12(11)9-8-10(2)13/h4-7,10,13H,3H2,1-2H3. The maximum Gasteiger partial charge on any atom is 0.112 e. The Kier molecular flexibility index (Phi) is 3.54. The van der Waals surface area contributed by atoms with Crippen LogP contribution in [0.1, 0.15) is 25.0 Å². The molecule has 0 bridgehead atoms. The summed E-state index contributed by atoms with van der Waals surface area (Å²) in [6, 6.07) is 8.01. The van der Waals surface area contributed by atoms with E-state index in [1.807, 2.05) is 18.2 Å².